The van der Waals surface area contributed by atoms with Crippen molar-refractivity contribution in [3.8, 4) is 0 Å². The van der Waals surface area contributed by atoms with Crippen LogP contribution < -0.4 is 5.73 Å². The monoisotopic (exact) mass is 265 g/mol. The van der Waals surface area contributed by atoms with Crippen LogP contribution in [0.3, 0.4) is 0 Å². The van der Waals surface area contributed by atoms with Crippen molar-refractivity contribution in [2.45, 2.75) is 70.9 Å². The molecule has 3 nitrogen and oxygen atoms in total. The second-order valence-corrected chi connectivity index (χ2v) is 7.74. The Hall–Kier alpha value is -0.570. The smallest absolute Gasteiger partial charge is 0.311 e. The molecule has 3 rings (SSSR count). The zero-order chi connectivity index (χ0) is 13.6. The lowest BCUT2D eigenvalue weighted by atomic mass is 9.76. The van der Waals surface area contributed by atoms with Gasteiger partial charge in [0.05, 0.1) is 5.92 Å². The first-order chi connectivity index (χ1) is 8.96. The molecule has 0 amide bonds. The quantitative estimate of drug-likeness (QED) is 0.781. The standard InChI is InChI=1S/C16H27NO2/c1-16(2)7-5-12(6-8-16)19-15(18)13-10-3-4-11(9-10)14(13)17/h10-14H,3-9,17H2,1-2H3. The van der Waals surface area contributed by atoms with Gasteiger partial charge in [-0.25, -0.2) is 0 Å². The predicted octanol–water partition coefficient (Wildman–Crippen LogP) is 2.87. The predicted molar refractivity (Wildman–Crippen MR) is 74.4 cm³/mol. The van der Waals surface area contributed by atoms with Crippen LogP contribution in [0.2, 0.25) is 0 Å². The fourth-order valence-corrected chi connectivity index (χ4v) is 4.42. The molecule has 2 bridgehead atoms. The normalized spacial score (nSPS) is 41.4. The molecule has 2 N–H and O–H groups in total. The number of nitrogens with two attached hydrogens (primary N) is 1. The highest BCUT2D eigenvalue weighted by Crippen LogP contribution is 2.48. The van der Waals surface area contributed by atoms with Gasteiger partial charge in [0.25, 0.3) is 0 Å². The minimum Gasteiger partial charge on any atom is -0.462 e. The molecule has 3 saturated carbocycles. The van der Waals surface area contributed by atoms with Gasteiger partial charge in [-0.2, -0.15) is 0 Å². The molecular formula is C16H27NO2. The van der Waals surface area contributed by atoms with E-state index in [-0.39, 0.29) is 24.0 Å². The maximum absolute atomic E-state index is 12.4. The van der Waals surface area contributed by atoms with Crippen molar-refractivity contribution < 1.29 is 9.53 Å². The fourth-order valence-electron chi connectivity index (χ4n) is 4.42. The first-order valence-corrected chi connectivity index (χ1v) is 7.92. The SMILES string of the molecule is CC1(C)CCC(OC(=O)C2C3CCC(C3)C2N)CC1. The van der Waals surface area contributed by atoms with Gasteiger partial charge in [-0.15, -0.1) is 0 Å². The molecule has 0 aromatic rings. The first-order valence-electron chi connectivity index (χ1n) is 7.92. The lowest BCUT2D eigenvalue weighted by Crippen LogP contribution is -2.42. The minimum atomic E-state index is -0.00585. The topological polar surface area (TPSA) is 52.3 Å². The van der Waals surface area contributed by atoms with Gasteiger partial charge in [0.1, 0.15) is 6.10 Å². The van der Waals surface area contributed by atoms with E-state index in [9.17, 15) is 4.79 Å². The molecule has 19 heavy (non-hydrogen) atoms. The van der Waals surface area contributed by atoms with Gasteiger partial charge in [0.15, 0.2) is 0 Å². The molecule has 4 unspecified atom stereocenters. The third-order valence-corrected chi connectivity index (χ3v) is 5.82. The van der Waals surface area contributed by atoms with Crippen LogP contribution in [-0.4, -0.2) is 18.1 Å². The molecule has 0 aliphatic heterocycles. The van der Waals surface area contributed by atoms with Crippen LogP contribution in [0.25, 0.3) is 0 Å². The van der Waals surface area contributed by atoms with Crippen LogP contribution in [0.15, 0.2) is 0 Å². The van der Waals surface area contributed by atoms with Crippen LogP contribution in [0.5, 0.6) is 0 Å². The van der Waals surface area contributed by atoms with Crippen LogP contribution in [0.1, 0.15) is 58.8 Å². The summed E-state index contributed by atoms with van der Waals surface area (Å²) in [7, 11) is 0. The van der Waals surface area contributed by atoms with Gasteiger partial charge in [-0.05, 0) is 62.2 Å². The van der Waals surface area contributed by atoms with E-state index in [1.54, 1.807) is 0 Å². The van der Waals surface area contributed by atoms with E-state index in [0.717, 1.165) is 32.1 Å². The number of carbonyl (C=O) groups excluding carboxylic acids is 1. The Labute approximate surface area is 116 Å². The van der Waals surface area contributed by atoms with Crippen molar-refractivity contribution in [2.75, 3.05) is 0 Å². The van der Waals surface area contributed by atoms with Crippen LogP contribution in [0.4, 0.5) is 0 Å². The maximum atomic E-state index is 12.4. The van der Waals surface area contributed by atoms with Crippen molar-refractivity contribution in [2.24, 2.45) is 28.9 Å². The summed E-state index contributed by atoms with van der Waals surface area (Å²) in [6.45, 7) is 4.60. The van der Waals surface area contributed by atoms with E-state index in [0.29, 0.717) is 17.3 Å². The van der Waals surface area contributed by atoms with E-state index >= 15 is 0 Å². The Bertz CT molecular complexity index is 354. The van der Waals surface area contributed by atoms with Gasteiger partial charge in [-0.1, -0.05) is 13.8 Å². The Morgan fingerprint density at radius 2 is 1.74 bits per heavy atom. The van der Waals surface area contributed by atoms with E-state index in [2.05, 4.69) is 13.8 Å². The number of rotatable bonds is 2. The molecule has 0 radical (unpaired) electrons. The summed E-state index contributed by atoms with van der Waals surface area (Å²) >= 11 is 0. The summed E-state index contributed by atoms with van der Waals surface area (Å²) in [5, 5.41) is 0. The largest absolute Gasteiger partial charge is 0.462 e. The lowest BCUT2D eigenvalue weighted by Gasteiger charge is -2.35. The van der Waals surface area contributed by atoms with Gasteiger partial charge < -0.3 is 10.5 Å². The average molecular weight is 265 g/mol. The fraction of sp³-hybridized carbons (Fsp3) is 0.938. The van der Waals surface area contributed by atoms with Crippen LogP contribution in [0, 0.1) is 23.2 Å². The minimum absolute atomic E-state index is 0.00408. The van der Waals surface area contributed by atoms with Crippen molar-refractivity contribution in [1.82, 2.24) is 0 Å². The van der Waals surface area contributed by atoms with Crippen molar-refractivity contribution >= 4 is 5.97 Å². The lowest BCUT2D eigenvalue weighted by molar-refractivity contribution is -0.159. The zero-order valence-corrected chi connectivity index (χ0v) is 12.2. The highest BCUT2D eigenvalue weighted by molar-refractivity contribution is 5.74. The molecule has 0 aromatic heterocycles. The van der Waals surface area contributed by atoms with Gasteiger partial charge in [0.2, 0.25) is 0 Å². The number of hydrogen-bond donors (Lipinski definition) is 1. The molecular weight excluding hydrogens is 238 g/mol. The zero-order valence-electron chi connectivity index (χ0n) is 12.2. The Morgan fingerprint density at radius 3 is 2.32 bits per heavy atom. The maximum Gasteiger partial charge on any atom is 0.311 e. The molecule has 0 saturated heterocycles. The molecule has 0 heterocycles. The van der Waals surface area contributed by atoms with E-state index in [1.165, 1.54) is 12.8 Å². The average Bonchev–Trinajstić information content (AvgIpc) is 2.92. The molecule has 4 atom stereocenters. The highest BCUT2D eigenvalue weighted by atomic mass is 16.5. The Kier molecular flexibility index (Phi) is 3.36. The summed E-state index contributed by atoms with van der Waals surface area (Å²) in [6, 6.07) is 0.0614. The van der Waals surface area contributed by atoms with Gasteiger partial charge >= 0.3 is 5.97 Å². The Balaban J connectivity index is 1.55. The molecule has 0 spiro atoms. The van der Waals surface area contributed by atoms with Gasteiger partial charge in [0, 0.05) is 6.04 Å². The van der Waals surface area contributed by atoms with Crippen LogP contribution >= 0.6 is 0 Å². The summed E-state index contributed by atoms with van der Waals surface area (Å²) < 4.78 is 5.77. The summed E-state index contributed by atoms with van der Waals surface area (Å²) in [4.78, 5) is 12.4. The molecule has 108 valence electrons. The molecule has 3 fully saturated rings. The first kappa shape index (κ1) is 13.4. The van der Waals surface area contributed by atoms with E-state index in [4.69, 9.17) is 10.5 Å². The van der Waals surface area contributed by atoms with Crippen molar-refractivity contribution in [3.05, 3.63) is 0 Å². The molecule has 3 heteroatoms. The number of hydrogen-bond acceptors (Lipinski definition) is 3. The number of esters is 1. The highest BCUT2D eigenvalue weighted by Gasteiger charge is 2.50. The van der Waals surface area contributed by atoms with Crippen LogP contribution in [-0.2, 0) is 9.53 Å². The molecule has 3 aliphatic rings. The number of fused-ring (bicyclic) bond motifs is 2. The van der Waals surface area contributed by atoms with Crippen molar-refractivity contribution in [1.29, 1.82) is 0 Å². The molecule has 3 aliphatic carbocycles. The summed E-state index contributed by atoms with van der Waals surface area (Å²) in [5.74, 6) is 1.08. The summed E-state index contributed by atoms with van der Waals surface area (Å²) in [5.41, 5.74) is 6.63. The second-order valence-electron chi connectivity index (χ2n) is 7.74. The number of carbonyl (C=O) groups is 1. The summed E-state index contributed by atoms with van der Waals surface area (Å²) in [6.07, 6.45) is 8.05. The van der Waals surface area contributed by atoms with E-state index in [1.807, 2.05) is 0 Å². The number of ether oxygens (including phenoxy) is 1. The third kappa shape index (κ3) is 2.54. The van der Waals surface area contributed by atoms with Gasteiger partial charge in [-0.3, -0.25) is 4.79 Å². The molecule has 0 aromatic carbocycles. The van der Waals surface area contributed by atoms with E-state index < -0.39 is 0 Å². The van der Waals surface area contributed by atoms with Crippen molar-refractivity contribution in [3.63, 3.8) is 0 Å². The second kappa shape index (κ2) is 4.76. The third-order valence-electron chi connectivity index (χ3n) is 5.82. The Morgan fingerprint density at radius 1 is 1.11 bits per heavy atom.